The standard InChI is InChI=1S/C14H22N2O4S2/c1-12-5-3-4-10-16(12)22(19,20)15-11-13-6-8-14(9-7-13)21(2,17)18/h6-9,12,15H,3-5,10-11H2,1-2H3/t12-/m0/s1. The van der Waals surface area contributed by atoms with Gasteiger partial charge in [0.2, 0.25) is 0 Å². The molecule has 0 saturated carbocycles. The number of piperidine rings is 1. The van der Waals surface area contributed by atoms with Crippen molar-refractivity contribution in [3.63, 3.8) is 0 Å². The molecule has 1 N–H and O–H groups in total. The van der Waals surface area contributed by atoms with E-state index in [9.17, 15) is 16.8 Å². The highest BCUT2D eigenvalue weighted by Crippen LogP contribution is 2.19. The van der Waals surface area contributed by atoms with Crippen molar-refractivity contribution in [3.8, 4) is 0 Å². The van der Waals surface area contributed by atoms with E-state index in [4.69, 9.17) is 0 Å². The first-order valence-corrected chi connectivity index (χ1v) is 10.6. The summed E-state index contributed by atoms with van der Waals surface area (Å²) in [6, 6.07) is 6.24. The van der Waals surface area contributed by atoms with Gasteiger partial charge in [0.1, 0.15) is 0 Å². The Hall–Kier alpha value is -0.960. The lowest BCUT2D eigenvalue weighted by molar-refractivity contribution is 0.265. The molecule has 0 unspecified atom stereocenters. The predicted molar refractivity (Wildman–Crippen MR) is 85.3 cm³/mol. The minimum absolute atomic E-state index is 0.0128. The molecule has 0 aromatic heterocycles. The van der Waals surface area contributed by atoms with Crippen LogP contribution >= 0.6 is 0 Å². The quantitative estimate of drug-likeness (QED) is 0.871. The first-order valence-electron chi connectivity index (χ1n) is 7.25. The fourth-order valence-corrected chi connectivity index (χ4v) is 4.63. The van der Waals surface area contributed by atoms with Gasteiger partial charge in [0.05, 0.1) is 4.90 Å². The van der Waals surface area contributed by atoms with Crippen molar-refractivity contribution in [1.82, 2.24) is 9.03 Å². The average molecular weight is 346 g/mol. The lowest BCUT2D eigenvalue weighted by atomic mass is 10.1. The molecule has 1 fully saturated rings. The zero-order valence-corrected chi connectivity index (χ0v) is 14.5. The Labute approximate surface area is 132 Å². The van der Waals surface area contributed by atoms with Gasteiger partial charge in [-0.25, -0.2) is 8.42 Å². The molecule has 1 aliphatic heterocycles. The van der Waals surface area contributed by atoms with Crippen LogP contribution in [0, 0.1) is 0 Å². The number of nitrogens with zero attached hydrogens (tertiary/aromatic N) is 1. The zero-order valence-electron chi connectivity index (χ0n) is 12.8. The fourth-order valence-electron chi connectivity index (χ4n) is 2.54. The summed E-state index contributed by atoms with van der Waals surface area (Å²) in [4.78, 5) is 0.226. The molecule has 1 atom stereocenters. The molecule has 1 aromatic rings. The summed E-state index contributed by atoms with van der Waals surface area (Å²) in [5.41, 5.74) is 0.723. The molecule has 1 heterocycles. The maximum absolute atomic E-state index is 12.3. The van der Waals surface area contributed by atoms with Gasteiger partial charge in [0.25, 0.3) is 10.2 Å². The lowest BCUT2D eigenvalue weighted by Gasteiger charge is -2.32. The highest BCUT2D eigenvalue weighted by Gasteiger charge is 2.28. The molecule has 0 spiro atoms. The minimum Gasteiger partial charge on any atom is -0.224 e. The van der Waals surface area contributed by atoms with E-state index in [0.29, 0.717) is 6.54 Å². The molecular formula is C14H22N2O4S2. The second-order valence-electron chi connectivity index (χ2n) is 5.70. The molecule has 2 rings (SSSR count). The molecule has 6 nitrogen and oxygen atoms in total. The van der Waals surface area contributed by atoms with Crippen LogP contribution in [0.2, 0.25) is 0 Å². The van der Waals surface area contributed by atoms with E-state index in [1.165, 1.54) is 16.4 Å². The van der Waals surface area contributed by atoms with Crippen LogP contribution in [-0.4, -0.2) is 40.0 Å². The van der Waals surface area contributed by atoms with Gasteiger partial charge in [-0.1, -0.05) is 18.6 Å². The minimum atomic E-state index is -3.50. The van der Waals surface area contributed by atoms with E-state index < -0.39 is 20.0 Å². The van der Waals surface area contributed by atoms with Crippen molar-refractivity contribution >= 4 is 20.0 Å². The molecule has 0 amide bonds. The van der Waals surface area contributed by atoms with Crippen LogP contribution in [0.5, 0.6) is 0 Å². The molecule has 8 heteroatoms. The maximum atomic E-state index is 12.3. The molecule has 1 aliphatic rings. The Kier molecular flexibility index (Phi) is 5.26. The van der Waals surface area contributed by atoms with Gasteiger partial charge < -0.3 is 0 Å². The normalized spacial score (nSPS) is 20.9. The van der Waals surface area contributed by atoms with Crippen LogP contribution in [0.15, 0.2) is 29.2 Å². The molecular weight excluding hydrogens is 324 g/mol. The second kappa shape index (κ2) is 6.66. The van der Waals surface area contributed by atoms with Crippen LogP contribution in [0.1, 0.15) is 31.7 Å². The number of benzene rings is 1. The van der Waals surface area contributed by atoms with Crippen LogP contribution in [0.25, 0.3) is 0 Å². The second-order valence-corrected chi connectivity index (χ2v) is 9.42. The summed E-state index contributed by atoms with van der Waals surface area (Å²) >= 11 is 0. The van der Waals surface area contributed by atoms with E-state index in [0.717, 1.165) is 31.1 Å². The maximum Gasteiger partial charge on any atom is 0.279 e. The summed E-state index contributed by atoms with van der Waals surface area (Å²) in [7, 11) is -6.74. The number of hydrogen-bond donors (Lipinski definition) is 1. The number of sulfone groups is 1. The molecule has 1 aromatic carbocycles. The fraction of sp³-hybridized carbons (Fsp3) is 0.571. The number of rotatable bonds is 5. The van der Waals surface area contributed by atoms with E-state index >= 15 is 0 Å². The van der Waals surface area contributed by atoms with Crippen molar-refractivity contribution < 1.29 is 16.8 Å². The Bertz CT molecular complexity index is 712. The van der Waals surface area contributed by atoms with Crippen LogP contribution in [0.4, 0.5) is 0 Å². The van der Waals surface area contributed by atoms with Crippen molar-refractivity contribution in [2.24, 2.45) is 0 Å². The van der Waals surface area contributed by atoms with Gasteiger partial charge in [-0.3, -0.25) is 0 Å². The van der Waals surface area contributed by atoms with Crippen molar-refractivity contribution in [3.05, 3.63) is 29.8 Å². The monoisotopic (exact) mass is 346 g/mol. The van der Waals surface area contributed by atoms with E-state index in [1.807, 2.05) is 6.92 Å². The average Bonchev–Trinajstić information content (AvgIpc) is 2.45. The van der Waals surface area contributed by atoms with E-state index in [1.54, 1.807) is 12.1 Å². The highest BCUT2D eigenvalue weighted by atomic mass is 32.2. The van der Waals surface area contributed by atoms with Gasteiger partial charge in [0, 0.05) is 25.4 Å². The smallest absolute Gasteiger partial charge is 0.224 e. The Morgan fingerprint density at radius 2 is 1.77 bits per heavy atom. The van der Waals surface area contributed by atoms with E-state index in [-0.39, 0.29) is 17.5 Å². The topological polar surface area (TPSA) is 83.6 Å². The van der Waals surface area contributed by atoms with Gasteiger partial charge in [-0.15, -0.1) is 0 Å². The molecule has 0 aliphatic carbocycles. The van der Waals surface area contributed by atoms with Crippen LogP contribution in [0.3, 0.4) is 0 Å². The first-order chi connectivity index (χ1) is 10.2. The Balaban J connectivity index is 2.03. The van der Waals surface area contributed by atoms with Crippen LogP contribution < -0.4 is 4.72 Å². The van der Waals surface area contributed by atoms with E-state index in [2.05, 4.69) is 4.72 Å². The third-order valence-electron chi connectivity index (χ3n) is 3.86. The molecule has 1 saturated heterocycles. The van der Waals surface area contributed by atoms with Gasteiger partial charge in [-0.2, -0.15) is 17.4 Å². The summed E-state index contributed by atoms with van der Waals surface area (Å²) in [6.07, 6.45) is 3.96. The molecule has 124 valence electrons. The molecule has 22 heavy (non-hydrogen) atoms. The summed E-state index contributed by atoms with van der Waals surface area (Å²) < 4.78 is 51.5. The summed E-state index contributed by atoms with van der Waals surface area (Å²) in [5, 5.41) is 0. The lowest BCUT2D eigenvalue weighted by Crippen LogP contribution is -2.47. The zero-order chi connectivity index (χ0) is 16.4. The largest absolute Gasteiger partial charge is 0.279 e. The highest BCUT2D eigenvalue weighted by molar-refractivity contribution is 7.90. The Morgan fingerprint density at radius 3 is 2.32 bits per heavy atom. The van der Waals surface area contributed by atoms with Crippen molar-refractivity contribution in [1.29, 1.82) is 0 Å². The Morgan fingerprint density at radius 1 is 1.14 bits per heavy atom. The number of nitrogens with one attached hydrogen (secondary N) is 1. The number of hydrogen-bond acceptors (Lipinski definition) is 4. The van der Waals surface area contributed by atoms with Gasteiger partial charge in [-0.05, 0) is 37.5 Å². The molecule has 0 radical (unpaired) electrons. The molecule has 0 bridgehead atoms. The van der Waals surface area contributed by atoms with Crippen molar-refractivity contribution in [2.75, 3.05) is 12.8 Å². The summed E-state index contributed by atoms with van der Waals surface area (Å²) in [6.45, 7) is 2.61. The SMILES string of the molecule is C[C@H]1CCCCN1S(=O)(=O)NCc1ccc(S(C)(=O)=O)cc1. The third kappa shape index (κ3) is 4.28. The van der Waals surface area contributed by atoms with Gasteiger partial charge in [0.15, 0.2) is 9.84 Å². The van der Waals surface area contributed by atoms with Gasteiger partial charge >= 0.3 is 0 Å². The first kappa shape index (κ1) is 17.4. The third-order valence-corrected chi connectivity index (χ3v) is 6.66. The predicted octanol–water partition coefficient (Wildman–Crippen LogP) is 1.30. The van der Waals surface area contributed by atoms with Crippen molar-refractivity contribution in [2.45, 2.75) is 43.7 Å². The summed E-state index contributed by atoms with van der Waals surface area (Å²) in [5.74, 6) is 0. The van der Waals surface area contributed by atoms with Crippen LogP contribution in [-0.2, 0) is 26.6 Å².